The third kappa shape index (κ3) is 6.63. The van der Waals surface area contributed by atoms with E-state index in [9.17, 15) is 0 Å². The molecule has 0 bridgehead atoms. The molecule has 0 radical (unpaired) electrons. The van der Waals surface area contributed by atoms with Gasteiger partial charge in [0.05, 0.1) is 7.11 Å². The summed E-state index contributed by atoms with van der Waals surface area (Å²) in [6.07, 6.45) is 21.6. The Morgan fingerprint density at radius 1 is 0.931 bits per heavy atom. The Morgan fingerprint density at radius 3 is 2.24 bits per heavy atom. The minimum atomic E-state index is 0.811. The van der Waals surface area contributed by atoms with E-state index in [4.69, 9.17) is 4.74 Å². The van der Waals surface area contributed by atoms with E-state index in [1.807, 2.05) is 0 Å². The highest BCUT2D eigenvalue weighted by Crippen LogP contribution is 2.42. The molecule has 0 heterocycles. The lowest BCUT2D eigenvalue weighted by molar-refractivity contribution is 0.151. The highest BCUT2D eigenvalue weighted by molar-refractivity contribution is 5.37. The van der Waals surface area contributed by atoms with Gasteiger partial charge in [-0.15, -0.1) is 6.58 Å². The van der Waals surface area contributed by atoms with Crippen molar-refractivity contribution >= 4 is 0 Å². The maximum absolute atomic E-state index is 5.52. The zero-order chi connectivity index (χ0) is 20.5. The van der Waals surface area contributed by atoms with Crippen LogP contribution in [0.1, 0.15) is 95.1 Å². The largest absolute Gasteiger partial charge is 0.496 e. The molecule has 1 aromatic rings. The highest BCUT2D eigenvalue weighted by atomic mass is 16.5. The summed E-state index contributed by atoms with van der Waals surface area (Å²) in [5, 5.41) is 0. The van der Waals surface area contributed by atoms with Crippen LogP contribution in [0.25, 0.3) is 0 Å². The van der Waals surface area contributed by atoms with E-state index in [-0.39, 0.29) is 0 Å². The van der Waals surface area contributed by atoms with E-state index in [2.05, 4.69) is 37.8 Å². The monoisotopic (exact) mass is 396 g/mol. The lowest BCUT2D eigenvalue weighted by Crippen LogP contribution is -2.25. The smallest absolute Gasteiger partial charge is 0.122 e. The topological polar surface area (TPSA) is 9.23 Å². The van der Waals surface area contributed by atoms with Crippen molar-refractivity contribution < 1.29 is 4.74 Å². The van der Waals surface area contributed by atoms with Crippen molar-refractivity contribution in [2.24, 2.45) is 23.7 Å². The van der Waals surface area contributed by atoms with Gasteiger partial charge in [-0.25, -0.2) is 0 Å². The number of rotatable bonds is 10. The first-order valence-corrected chi connectivity index (χ1v) is 12.5. The summed E-state index contributed by atoms with van der Waals surface area (Å²) in [6.45, 7) is 6.24. The molecule has 2 aliphatic carbocycles. The van der Waals surface area contributed by atoms with Crippen LogP contribution in [-0.2, 0) is 12.8 Å². The Labute approximate surface area is 180 Å². The molecular weight excluding hydrogens is 352 g/mol. The normalized spacial score (nSPS) is 27.5. The summed E-state index contributed by atoms with van der Waals surface area (Å²) in [7, 11) is 1.79. The van der Waals surface area contributed by atoms with E-state index in [1.165, 1.54) is 94.6 Å². The molecule has 0 atom stereocenters. The SMILES string of the molecule is C=C[C@H]1CC[C@H](C2CCC(CCCCc3ccc(OC)c(CCC)c3)CC2)CC1. The zero-order valence-corrected chi connectivity index (χ0v) is 19.1. The second-order valence-corrected chi connectivity index (χ2v) is 9.83. The van der Waals surface area contributed by atoms with Crippen LogP contribution in [0.15, 0.2) is 30.9 Å². The van der Waals surface area contributed by atoms with Crippen LogP contribution in [-0.4, -0.2) is 7.11 Å². The fourth-order valence-electron chi connectivity index (χ4n) is 6.01. The number of hydrogen-bond donors (Lipinski definition) is 0. The first-order chi connectivity index (χ1) is 14.2. The van der Waals surface area contributed by atoms with Gasteiger partial charge in [-0.1, -0.05) is 57.2 Å². The van der Waals surface area contributed by atoms with E-state index >= 15 is 0 Å². The van der Waals surface area contributed by atoms with Gasteiger partial charge in [-0.05, 0) is 98.7 Å². The van der Waals surface area contributed by atoms with E-state index < -0.39 is 0 Å². The van der Waals surface area contributed by atoms with Crippen LogP contribution in [0.4, 0.5) is 0 Å². The highest BCUT2D eigenvalue weighted by Gasteiger charge is 2.30. The summed E-state index contributed by atoms with van der Waals surface area (Å²) in [5.41, 5.74) is 2.88. The number of benzene rings is 1. The fraction of sp³-hybridized carbons (Fsp3) is 0.714. The van der Waals surface area contributed by atoms with Crippen molar-refractivity contribution in [3.8, 4) is 5.75 Å². The zero-order valence-electron chi connectivity index (χ0n) is 19.1. The van der Waals surface area contributed by atoms with Gasteiger partial charge >= 0.3 is 0 Å². The fourth-order valence-corrected chi connectivity index (χ4v) is 6.01. The van der Waals surface area contributed by atoms with Crippen molar-refractivity contribution in [1.82, 2.24) is 0 Å². The molecule has 0 aliphatic heterocycles. The lowest BCUT2D eigenvalue weighted by Gasteiger charge is -2.37. The molecule has 2 saturated carbocycles. The number of hydrogen-bond acceptors (Lipinski definition) is 1. The Morgan fingerprint density at radius 2 is 1.62 bits per heavy atom. The van der Waals surface area contributed by atoms with Gasteiger partial charge in [-0.3, -0.25) is 0 Å². The molecule has 162 valence electrons. The van der Waals surface area contributed by atoms with Crippen LogP contribution in [0.3, 0.4) is 0 Å². The maximum Gasteiger partial charge on any atom is 0.122 e. The summed E-state index contributed by atoms with van der Waals surface area (Å²) < 4.78 is 5.52. The molecule has 1 heteroatoms. The van der Waals surface area contributed by atoms with Gasteiger partial charge in [0.15, 0.2) is 0 Å². The first kappa shape index (κ1) is 22.4. The molecule has 0 aromatic heterocycles. The third-order valence-corrected chi connectivity index (χ3v) is 7.90. The molecule has 29 heavy (non-hydrogen) atoms. The van der Waals surface area contributed by atoms with Gasteiger partial charge in [0, 0.05) is 0 Å². The van der Waals surface area contributed by atoms with Crippen LogP contribution in [0, 0.1) is 23.7 Å². The maximum atomic E-state index is 5.52. The Balaban J connectivity index is 1.33. The number of allylic oxidation sites excluding steroid dienone is 1. The van der Waals surface area contributed by atoms with E-state index in [0.29, 0.717) is 0 Å². The van der Waals surface area contributed by atoms with Crippen molar-refractivity contribution in [1.29, 1.82) is 0 Å². The molecule has 0 unspecified atom stereocenters. The molecule has 0 saturated heterocycles. The minimum Gasteiger partial charge on any atom is -0.496 e. The van der Waals surface area contributed by atoms with Crippen molar-refractivity contribution in [2.45, 2.75) is 96.8 Å². The first-order valence-electron chi connectivity index (χ1n) is 12.5. The average molecular weight is 397 g/mol. The van der Waals surface area contributed by atoms with Crippen LogP contribution in [0.5, 0.6) is 5.75 Å². The minimum absolute atomic E-state index is 0.811. The summed E-state index contributed by atoms with van der Waals surface area (Å²) >= 11 is 0. The molecule has 3 rings (SSSR count). The second kappa shape index (κ2) is 11.8. The average Bonchev–Trinajstić information content (AvgIpc) is 2.78. The third-order valence-electron chi connectivity index (χ3n) is 7.90. The lowest BCUT2D eigenvalue weighted by atomic mass is 9.68. The van der Waals surface area contributed by atoms with Crippen molar-refractivity contribution in [2.75, 3.05) is 7.11 Å². The van der Waals surface area contributed by atoms with Crippen LogP contribution < -0.4 is 4.74 Å². The summed E-state index contributed by atoms with van der Waals surface area (Å²) in [5.74, 6) is 4.94. The van der Waals surface area contributed by atoms with Crippen molar-refractivity contribution in [3.63, 3.8) is 0 Å². The molecule has 2 fully saturated rings. The molecule has 0 spiro atoms. The second-order valence-electron chi connectivity index (χ2n) is 9.83. The molecule has 2 aliphatic rings. The predicted molar refractivity (Wildman–Crippen MR) is 126 cm³/mol. The molecule has 0 N–H and O–H groups in total. The number of methoxy groups -OCH3 is 1. The van der Waals surface area contributed by atoms with Crippen LogP contribution in [0.2, 0.25) is 0 Å². The summed E-state index contributed by atoms with van der Waals surface area (Å²) in [6, 6.07) is 6.82. The number of ether oxygens (including phenoxy) is 1. The molecule has 1 nitrogen and oxygen atoms in total. The number of aryl methyl sites for hydroxylation is 2. The van der Waals surface area contributed by atoms with Gasteiger partial charge in [0.1, 0.15) is 5.75 Å². The van der Waals surface area contributed by atoms with Gasteiger partial charge in [-0.2, -0.15) is 0 Å². The van der Waals surface area contributed by atoms with Crippen LogP contribution >= 0.6 is 0 Å². The standard InChI is InChI=1S/C28H44O/c1-4-8-27-21-24(15-20-28(27)29-3)10-7-6-9-23-13-18-26(19-14-23)25-16-11-22(5-2)12-17-25/h5,15,20-23,25-26H,2,4,6-14,16-19H2,1,3H3/t22-,23?,25-,26?. The Kier molecular flexibility index (Phi) is 9.15. The summed E-state index contributed by atoms with van der Waals surface area (Å²) in [4.78, 5) is 0. The van der Waals surface area contributed by atoms with Gasteiger partial charge < -0.3 is 4.74 Å². The Bertz CT molecular complexity index is 603. The predicted octanol–water partition coefficient (Wildman–Crippen LogP) is 8.16. The van der Waals surface area contributed by atoms with E-state index in [1.54, 1.807) is 7.11 Å². The molecule has 0 amide bonds. The number of unbranched alkanes of at least 4 members (excludes halogenated alkanes) is 1. The van der Waals surface area contributed by atoms with Crippen molar-refractivity contribution in [3.05, 3.63) is 42.0 Å². The quantitative estimate of drug-likeness (QED) is 0.286. The Hall–Kier alpha value is -1.24. The molecular formula is C28H44O. The van der Waals surface area contributed by atoms with Gasteiger partial charge in [0.2, 0.25) is 0 Å². The van der Waals surface area contributed by atoms with Gasteiger partial charge in [0.25, 0.3) is 0 Å². The molecule has 1 aromatic carbocycles. The van der Waals surface area contributed by atoms with E-state index in [0.717, 1.165) is 35.8 Å².